The third kappa shape index (κ3) is 5.77. The Morgan fingerprint density at radius 1 is 0.812 bits per heavy atom. The Hall–Kier alpha value is -4.04. The average molecular weight is 466 g/mol. The first-order chi connectivity index (χ1) is 14.7. The maximum atomic E-state index is 12.6. The van der Waals surface area contributed by atoms with Gasteiger partial charge in [-0.05, 0) is 24.3 Å². The molecule has 0 spiro atoms. The Morgan fingerprint density at radius 3 is 1.75 bits per heavy atom. The van der Waals surface area contributed by atoms with Gasteiger partial charge in [0.25, 0.3) is 5.69 Å². The Balaban J connectivity index is 0.000000235. The van der Waals surface area contributed by atoms with E-state index in [1.54, 1.807) is 0 Å². The summed E-state index contributed by atoms with van der Waals surface area (Å²) in [7, 11) is 0. The van der Waals surface area contributed by atoms with E-state index in [-0.39, 0.29) is 11.8 Å². The zero-order valence-corrected chi connectivity index (χ0v) is 15.3. The average Bonchev–Trinajstić information content (AvgIpc) is 3.21. The first kappa shape index (κ1) is 24.2. The fourth-order valence-electron chi connectivity index (χ4n) is 2.29. The molecule has 2 aromatic carbocycles. The van der Waals surface area contributed by atoms with Gasteiger partial charge in [0, 0.05) is 24.5 Å². The lowest BCUT2D eigenvalue weighted by Crippen LogP contribution is -2.07. The molecule has 0 aliphatic rings. The SMILES string of the molecule is O=[N+]([O-])c1cc(C(F)(F)F)ccc1-n1ccnc1.O=[N+]([O-])c1cc(C(F)(F)F)ccc1F. The number of nitrogens with zero attached hydrogens (tertiary/aromatic N) is 4. The molecule has 0 aliphatic heterocycles. The molecule has 1 aromatic heterocycles. The summed E-state index contributed by atoms with van der Waals surface area (Å²) in [6, 6.07) is 3.37. The highest BCUT2D eigenvalue weighted by Gasteiger charge is 2.34. The van der Waals surface area contributed by atoms with Crippen molar-refractivity contribution in [2.24, 2.45) is 0 Å². The summed E-state index contributed by atoms with van der Waals surface area (Å²) >= 11 is 0. The molecule has 0 bridgehead atoms. The maximum Gasteiger partial charge on any atom is 0.416 e. The van der Waals surface area contributed by atoms with E-state index in [9.17, 15) is 51.0 Å². The van der Waals surface area contributed by atoms with Crippen LogP contribution in [0.2, 0.25) is 0 Å². The van der Waals surface area contributed by atoms with Crippen LogP contribution in [0.3, 0.4) is 0 Å². The molecule has 170 valence electrons. The molecule has 0 saturated carbocycles. The van der Waals surface area contributed by atoms with Crippen molar-refractivity contribution in [3.05, 3.63) is 92.3 Å². The van der Waals surface area contributed by atoms with Crippen LogP contribution in [0.4, 0.5) is 42.1 Å². The van der Waals surface area contributed by atoms with E-state index in [2.05, 4.69) is 4.98 Å². The summed E-state index contributed by atoms with van der Waals surface area (Å²) in [5, 5.41) is 20.9. The molecular weight excluding hydrogens is 457 g/mol. The predicted molar refractivity (Wildman–Crippen MR) is 93.3 cm³/mol. The van der Waals surface area contributed by atoms with Gasteiger partial charge in [0.1, 0.15) is 5.69 Å². The first-order valence-electron chi connectivity index (χ1n) is 8.07. The quantitative estimate of drug-likeness (QED) is 0.286. The topological polar surface area (TPSA) is 104 Å². The fourth-order valence-corrected chi connectivity index (χ4v) is 2.29. The van der Waals surface area contributed by atoms with E-state index in [0.29, 0.717) is 18.2 Å². The Labute approximate surface area is 172 Å². The standard InChI is InChI=1S/C10H6F3N3O2.C7H3F4NO2/c11-10(12,13)7-1-2-8(9(5-7)16(17)18)15-4-3-14-6-15;8-5-2-1-4(7(9,10)11)3-6(5)12(13)14/h1-6H;1-3H. The van der Waals surface area contributed by atoms with Crippen LogP contribution in [0.25, 0.3) is 5.69 Å². The Kier molecular flexibility index (Phi) is 6.81. The number of rotatable bonds is 3. The molecule has 0 N–H and O–H groups in total. The van der Waals surface area contributed by atoms with Gasteiger partial charge in [0.15, 0.2) is 0 Å². The van der Waals surface area contributed by atoms with Crippen molar-refractivity contribution in [3.63, 3.8) is 0 Å². The van der Waals surface area contributed by atoms with Gasteiger partial charge in [0.05, 0.1) is 27.3 Å². The van der Waals surface area contributed by atoms with Gasteiger partial charge in [-0.15, -0.1) is 0 Å². The summed E-state index contributed by atoms with van der Waals surface area (Å²) in [5.74, 6) is -1.29. The highest BCUT2D eigenvalue weighted by molar-refractivity contribution is 5.54. The zero-order valence-electron chi connectivity index (χ0n) is 15.3. The minimum atomic E-state index is -4.71. The molecule has 15 heteroatoms. The minimum Gasteiger partial charge on any atom is -0.300 e. The smallest absolute Gasteiger partial charge is 0.300 e. The second-order valence-corrected chi connectivity index (χ2v) is 5.85. The van der Waals surface area contributed by atoms with Crippen LogP contribution >= 0.6 is 0 Å². The van der Waals surface area contributed by atoms with Gasteiger partial charge < -0.3 is 4.57 Å². The van der Waals surface area contributed by atoms with E-state index in [1.165, 1.54) is 23.3 Å². The van der Waals surface area contributed by atoms with Crippen LogP contribution in [0, 0.1) is 26.0 Å². The van der Waals surface area contributed by atoms with Crippen LogP contribution < -0.4 is 0 Å². The highest BCUT2D eigenvalue weighted by atomic mass is 19.4. The van der Waals surface area contributed by atoms with E-state index in [4.69, 9.17) is 0 Å². The normalized spacial score (nSPS) is 11.5. The van der Waals surface area contributed by atoms with Crippen LogP contribution in [0.1, 0.15) is 11.1 Å². The minimum absolute atomic E-state index is 0.0329. The van der Waals surface area contributed by atoms with Crippen molar-refractivity contribution in [1.29, 1.82) is 0 Å². The third-order valence-electron chi connectivity index (χ3n) is 3.75. The van der Waals surface area contributed by atoms with Crippen LogP contribution in [0.5, 0.6) is 0 Å². The number of hydrogen-bond acceptors (Lipinski definition) is 5. The number of alkyl halides is 6. The number of hydrogen-bond donors (Lipinski definition) is 0. The molecule has 1 heterocycles. The van der Waals surface area contributed by atoms with Crippen molar-refractivity contribution in [1.82, 2.24) is 9.55 Å². The molecule has 0 atom stereocenters. The van der Waals surface area contributed by atoms with Gasteiger partial charge >= 0.3 is 18.0 Å². The summed E-state index contributed by atoms with van der Waals surface area (Å²) in [6.07, 6.45) is -5.26. The molecular formula is C17H9F7N4O4. The van der Waals surface area contributed by atoms with Gasteiger partial charge in [0.2, 0.25) is 5.82 Å². The lowest BCUT2D eigenvalue weighted by molar-refractivity contribution is -0.387. The Bertz CT molecular complexity index is 1130. The van der Waals surface area contributed by atoms with Crippen molar-refractivity contribution < 1.29 is 40.6 Å². The number of nitro benzene ring substituents is 2. The largest absolute Gasteiger partial charge is 0.416 e. The first-order valence-corrected chi connectivity index (χ1v) is 8.07. The van der Waals surface area contributed by atoms with Crippen LogP contribution in [-0.2, 0) is 12.4 Å². The monoisotopic (exact) mass is 466 g/mol. The molecule has 0 unspecified atom stereocenters. The molecule has 3 rings (SSSR count). The molecule has 8 nitrogen and oxygen atoms in total. The number of benzene rings is 2. The summed E-state index contributed by atoms with van der Waals surface area (Å²) < 4.78 is 87.3. The molecule has 0 aliphatic carbocycles. The predicted octanol–water partition coefficient (Wildman–Crippen LogP) is 5.55. The van der Waals surface area contributed by atoms with E-state index < -0.39 is 50.5 Å². The molecule has 0 saturated heterocycles. The number of imidazole rings is 1. The van der Waals surface area contributed by atoms with Gasteiger partial charge in [-0.2, -0.15) is 30.7 Å². The molecule has 0 amide bonds. The number of nitro groups is 2. The summed E-state index contributed by atoms with van der Waals surface area (Å²) in [5.41, 5.74) is -4.07. The van der Waals surface area contributed by atoms with E-state index >= 15 is 0 Å². The molecule has 0 fully saturated rings. The molecule has 32 heavy (non-hydrogen) atoms. The van der Waals surface area contributed by atoms with Crippen molar-refractivity contribution >= 4 is 11.4 Å². The van der Waals surface area contributed by atoms with Gasteiger partial charge in [-0.3, -0.25) is 20.2 Å². The maximum absolute atomic E-state index is 12.6. The van der Waals surface area contributed by atoms with E-state index in [1.807, 2.05) is 0 Å². The van der Waals surface area contributed by atoms with Crippen LogP contribution in [-0.4, -0.2) is 19.4 Å². The number of aromatic nitrogens is 2. The van der Waals surface area contributed by atoms with Crippen molar-refractivity contribution in [3.8, 4) is 5.69 Å². The van der Waals surface area contributed by atoms with Crippen molar-refractivity contribution in [2.75, 3.05) is 0 Å². The van der Waals surface area contributed by atoms with Crippen molar-refractivity contribution in [2.45, 2.75) is 12.4 Å². The summed E-state index contributed by atoms with van der Waals surface area (Å²) in [4.78, 5) is 22.5. The van der Waals surface area contributed by atoms with Crippen LogP contribution in [0.15, 0.2) is 55.1 Å². The third-order valence-corrected chi connectivity index (χ3v) is 3.75. The lowest BCUT2D eigenvalue weighted by Gasteiger charge is -2.09. The molecule has 3 aromatic rings. The second-order valence-electron chi connectivity index (χ2n) is 5.85. The van der Waals surface area contributed by atoms with Gasteiger partial charge in [-0.1, -0.05) is 0 Å². The lowest BCUT2D eigenvalue weighted by atomic mass is 10.1. The number of halogens is 7. The highest BCUT2D eigenvalue weighted by Crippen LogP contribution is 2.34. The Morgan fingerprint density at radius 2 is 1.31 bits per heavy atom. The second kappa shape index (κ2) is 8.99. The van der Waals surface area contributed by atoms with Gasteiger partial charge in [-0.25, -0.2) is 4.98 Å². The fraction of sp³-hybridized carbons (Fsp3) is 0.118. The van der Waals surface area contributed by atoms with E-state index in [0.717, 1.165) is 12.1 Å². The zero-order chi connectivity index (χ0) is 24.3. The summed E-state index contributed by atoms with van der Waals surface area (Å²) in [6.45, 7) is 0. The molecule has 0 radical (unpaired) electrons.